The minimum absolute atomic E-state index is 0.193. The minimum atomic E-state index is -0.326. The molecule has 0 N–H and O–H groups in total. The normalized spacial score (nSPS) is 10.6. The van der Waals surface area contributed by atoms with Gasteiger partial charge in [-0.2, -0.15) is 0 Å². The number of benzene rings is 2. The maximum Gasteiger partial charge on any atom is 0.133 e. The molecule has 0 fully saturated rings. The van der Waals surface area contributed by atoms with Crippen LogP contribution in [0.15, 0.2) is 30.3 Å². The Morgan fingerprint density at radius 1 is 1.11 bits per heavy atom. The molecule has 0 radical (unpaired) electrons. The predicted molar refractivity (Wildman–Crippen MR) is 77.0 cm³/mol. The fourth-order valence-electron chi connectivity index (χ4n) is 1.92. The van der Waals surface area contributed by atoms with Crippen molar-refractivity contribution in [3.05, 3.63) is 57.9 Å². The molecular formula is C15H13Cl2FO. The van der Waals surface area contributed by atoms with Crippen LogP contribution in [0.1, 0.15) is 16.7 Å². The molecular weight excluding hydrogens is 286 g/mol. The van der Waals surface area contributed by atoms with E-state index in [1.807, 2.05) is 26.0 Å². The quantitative estimate of drug-likeness (QED) is 0.668. The Morgan fingerprint density at radius 2 is 1.74 bits per heavy atom. The van der Waals surface area contributed by atoms with Crippen molar-refractivity contribution in [2.45, 2.75) is 19.7 Å². The van der Waals surface area contributed by atoms with Crippen LogP contribution in [0.3, 0.4) is 0 Å². The topological polar surface area (TPSA) is 9.23 Å². The summed E-state index contributed by atoms with van der Waals surface area (Å²) in [7, 11) is 0. The molecule has 0 spiro atoms. The van der Waals surface area contributed by atoms with E-state index < -0.39 is 0 Å². The van der Waals surface area contributed by atoms with E-state index in [1.165, 1.54) is 12.1 Å². The highest BCUT2D eigenvalue weighted by Crippen LogP contribution is 2.33. The summed E-state index contributed by atoms with van der Waals surface area (Å²) < 4.78 is 19.0. The van der Waals surface area contributed by atoms with Crippen molar-refractivity contribution in [2.75, 3.05) is 0 Å². The summed E-state index contributed by atoms with van der Waals surface area (Å²) in [5, 5.41) is 0.666. The zero-order chi connectivity index (χ0) is 14.0. The summed E-state index contributed by atoms with van der Waals surface area (Å²) in [6.07, 6.45) is 0. The molecule has 2 aromatic carbocycles. The zero-order valence-electron chi connectivity index (χ0n) is 10.6. The molecule has 0 aliphatic heterocycles. The second kappa shape index (κ2) is 5.81. The van der Waals surface area contributed by atoms with Crippen LogP contribution < -0.4 is 4.74 Å². The number of hydrogen-bond acceptors (Lipinski definition) is 1. The first-order valence-electron chi connectivity index (χ1n) is 5.80. The molecule has 0 saturated carbocycles. The smallest absolute Gasteiger partial charge is 0.133 e. The molecule has 0 aliphatic carbocycles. The van der Waals surface area contributed by atoms with E-state index in [2.05, 4.69) is 0 Å². The maximum atomic E-state index is 13.2. The first-order valence-corrected chi connectivity index (χ1v) is 6.71. The monoisotopic (exact) mass is 298 g/mol. The first kappa shape index (κ1) is 14.2. The number of hydrogen-bond donors (Lipinski definition) is 0. The highest BCUT2D eigenvalue weighted by atomic mass is 35.5. The molecule has 0 heterocycles. The molecule has 0 saturated heterocycles. The van der Waals surface area contributed by atoms with Gasteiger partial charge in [0.2, 0.25) is 0 Å². The molecule has 2 rings (SSSR count). The van der Waals surface area contributed by atoms with E-state index in [-0.39, 0.29) is 11.7 Å². The number of alkyl halides is 1. The van der Waals surface area contributed by atoms with Gasteiger partial charge in [0, 0.05) is 10.6 Å². The summed E-state index contributed by atoms with van der Waals surface area (Å²) in [6.45, 7) is 3.83. The van der Waals surface area contributed by atoms with Gasteiger partial charge < -0.3 is 4.74 Å². The molecule has 2 aromatic rings. The predicted octanol–water partition coefficient (Wildman–Crippen LogP) is 5.63. The zero-order valence-corrected chi connectivity index (χ0v) is 12.1. The van der Waals surface area contributed by atoms with Gasteiger partial charge in [0.15, 0.2) is 0 Å². The lowest BCUT2D eigenvalue weighted by atomic mass is 10.1. The molecule has 4 heteroatoms. The van der Waals surface area contributed by atoms with Gasteiger partial charge in [-0.3, -0.25) is 0 Å². The third-order valence-corrected chi connectivity index (χ3v) is 3.31. The summed E-state index contributed by atoms with van der Waals surface area (Å²) in [5.74, 6) is 1.15. The van der Waals surface area contributed by atoms with Gasteiger partial charge in [0.25, 0.3) is 0 Å². The SMILES string of the molecule is Cc1cc(Cl)cc(C)c1Oc1ccc(F)cc1CCl. The van der Waals surface area contributed by atoms with Crippen LogP contribution in [0.4, 0.5) is 4.39 Å². The summed E-state index contributed by atoms with van der Waals surface area (Å²) in [4.78, 5) is 0. The minimum Gasteiger partial charge on any atom is -0.456 e. The summed E-state index contributed by atoms with van der Waals surface area (Å²) >= 11 is 11.8. The number of aryl methyl sites for hydroxylation is 2. The van der Waals surface area contributed by atoms with Crippen LogP contribution in [0, 0.1) is 19.7 Å². The highest BCUT2D eigenvalue weighted by Gasteiger charge is 2.10. The number of halogens is 3. The third-order valence-electron chi connectivity index (χ3n) is 2.80. The Hall–Kier alpha value is -1.25. The lowest BCUT2D eigenvalue weighted by Crippen LogP contribution is -1.95. The van der Waals surface area contributed by atoms with Crippen LogP contribution in [0.25, 0.3) is 0 Å². The fourth-order valence-corrected chi connectivity index (χ4v) is 2.46. The Labute approximate surface area is 121 Å². The number of rotatable bonds is 3. The van der Waals surface area contributed by atoms with Gasteiger partial charge in [-0.15, -0.1) is 11.6 Å². The van der Waals surface area contributed by atoms with E-state index >= 15 is 0 Å². The average Bonchev–Trinajstić information content (AvgIpc) is 2.35. The Kier molecular flexibility index (Phi) is 4.33. The molecule has 0 aliphatic rings. The first-order chi connectivity index (χ1) is 9.01. The van der Waals surface area contributed by atoms with Crippen molar-refractivity contribution >= 4 is 23.2 Å². The second-order valence-corrected chi connectivity index (χ2v) is 5.06. The Morgan fingerprint density at radius 3 is 2.32 bits per heavy atom. The van der Waals surface area contributed by atoms with Gasteiger partial charge in [-0.05, 0) is 55.3 Å². The average molecular weight is 299 g/mol. The van der Waals surface area contributed by atoms with Gasteiger partial charge in [-0.25, -0.2) is 4.39 Å². The molecule has 0 atom stereocenters. The summed E-state index contributed by atoms with van der Waals surface area (Å²) in [5.41, 5.74) is 2.47. The van der Waals surface area contributed by atoms with Crippen LogP contribution in [0.2, 0.25) is 5.02 Å². The molecule has 1 nitrogen and oxygen atoms in total. The van der Waals surface area contributed by atoms with Crippen molar-refractivity contribution in [3.63, 3.8) is 0 Å². The van der Waals surface area contributed by atoms with Gasteiger partial charge in [-0.1, -0.05) is 11.6 Å². The second-order valence-electron chi connectivity index (χ2n) is 4.36. The van der Waals surface area contributed by atoms with Gasteiger partial charge in [0.1, 0.15) is 17.3 Å². The molecule has 0 bridgehead atoms. The van der Waals surface area contributed by atoms with Gasteiger partial charge >= 0.3 is 0 Å². The summed E-state index contributed by atoms with van der Waals surface area (Å²) in [6, 6.07) is 7.97. The molecule has 0 unspecified atom stereocenters. The van der Waals surface area contributed by atoms with E-state index in [9.17, 15) is 4.39 Å². The fraction of sp³-hybridized carbons (Fsp3) is 0.200. The molecule has 19 heavy (non-hydrogen) atoms. The van der Waals surface area contributed by atoms with Crippen LogP contribution in [-0.2, 0) is 5.88 Å². The lowest BCUT2D eigenvalue weighted by molar-refractivity contribution is 0.469. The van der Waals surface area contributed by atoms with Crippen molar-refractivity contribution in [2.24, 2.45) is 0 Å². The molecule has 100 valence electrons. The van der Waals surface area contributed by atoms with Crippen molar-refractivity contribution in [1.29, 1.82) is 0 Å². The van der Waals surface area contributed by atoms with Crippen LogP contribution in [0.5, 0.6) is 11.5 Å². The van der Waals surface area contributed by atoms with E-state index in [0.717, 1.165) is 16.9 Å². The van der Waals surface area contributed by atoms with Crippen LogP contribution in [-0.4, -0.2) is 0 Å². The van der Waals surface area contributed by atoms with E-state index in [1.54, 1.807) is 6.07 Å². The largest absolute Gasteiger partial charge is 0.456 e. The maximum absolute atomic E-state index is 13.2. The van der Waals surface area contributed by atoms with E-state index in [4.69, 9.17) is 27.9 Å². The van der Waals surface area contributed by atoms with E-state index in [0.29, 0.717) is 16.3 Å². The Balaban J connectivity index is 2.42. The van der Waals surface area contributed by atoms with Crippen LogP contribution >= 0.6 is 23.2 Å². The number of ether oxygens (including phenoxy) is 1. The van der Waals surface area contributed by atoms with Crippen molar-refractivity contribution < 1.29 is 9.13 Å². The Bertz CT molecular complexity index is 588. The lowest BCUT2D eigenvalue weighted by Gasteiger charge is -2.14. The van der Waals surface area contributed by atoms with Crippen molar-refractivity contribution in [1.82, 2.24) is 0 Å². The molecule has 0 amide bonds. The third kappa shape index (κ3) is 3.20. The molecule has 0 aromatic heterocycles. The standard InChI is InChI=1S/C15H13Cl2FO/c1-9-5-12(17)6-10(2)15(9)19-14-4-3-13(18)7-11(14)8-16/h3-7H,8H2,1-2H3. The van der Waals surface area contributed by atoms with Crippen molar-refractivity contribution in [3.8, 4) is 11.5 Å². The highest BCUT2D eigenvalue weighted by molar-refractivity contribution is 6.30. The van der Waals surface area contributed by atoms with Gasteiger partial charge in [0.05, 0.1) is 5.88 Å².